The highest BCUT2D eigenvalue weighted by Crippen LogP contribution is 1.94. The quantitative estimate of drug-likeness (QED) is 0.748. The Morgan fingerprint density at radius 3 is 2.62 bits per heavy atom. The lowest BCUT2D eigenvalue weighted by atomic mass is 10.4. The van der Waals surface area contributed by atoms with Gasteiger partial charge in [0.25, 0.3) is 5.56 Å². The van der Waals surface area contributed by atoms with Crippen molar-refractivity contribution in [1.29, 1.82) is 0 Å². The predicted molar refractivity (Wildman–Crippen MR) is 60.3 cm³/mol. The van der Waals surface area contributed by atoms with E-state index in [1.807, 2.05) is 0 Å². The summed E-state index contributed by atoms with van der Waals surface area (Å²) in [5, 5.41) is 0. The van der Waals surface area contributed by atoms with Crippen LogP contribution in [0.4, 0.5) is 0 Å². The third kappa shape index (κ3) is 3.65. The zero-order valence-electron chi connectivity index (χ0n) is 8.97. The standard InChI is InChI=1S/C9H14N2O4S/c1-2-16(14,15)7-3-5-11-6-4-8(12)10-9(11)13/h4,6H,2-3,5,7H2,1H3,(H,10,12,13). The predicted octanol–water partition coefficient (Wildman–Crippen LogP) is -0.639. The number of hydrogen-bond donors (Lipinski definition) is 1. The molecule has 0 saturated carbocycles. The topological polar surface area (TPSA) is 89.0 Å². The van der Waals surface area contributed by atoms with Crippen LogP contribution >= 0.6 is 0 Å². The Balaban J connectivity index is 2.63. The Hall–Kier alpha value is -1.37. The van der Waals surface area contributed by atoms with Crippen LogP contribution in [-0.4, -0.2) is 29.5 Å². The summed E-state index contributed by atoms with van der Waals surface area (Å²) in [5.41, 5.74) is -0.969. The van der Waals surface area contributed by atoms with Crippen LogP contribution in [0.3, 0.4) is 0 Å². The fourth-order valence-corrected chi connectivity index (χ4v) is 2.08. The summed E-state index contributed by atoms with van der Waals surface area (Å²) in [6.07, 6.45) is 1.72. The molecule has 16 heavy (non-hydrogen) atoms. The molecule has 0 bridgehead atoms. The molecule has 0 spiro atoms. The molecule has 0 fully saturated rings. The number of nitrogens with zero attached hydrogens (tertiary/aromatic N) is 1. The number of aromatic nitrogens is 2. The smallest absolute Gasteiger partial charge is 0.301 e. The average molecular weight is 246 g/mol. The van der Waals surface area contributed by atoms with E-state index in [0.29, 0.717) is 6.42 Å². The third-order valence-electron chi connectivity index (χ3n) is 2.19. The van der Waals surface area contributed by atoms with Crippen LogP contribution in [0.25, 0.3) is 0 Å². The molecule has 0 aromatic carbocycles. The molecule has 0 unspecified atom stereocenters. The first-order chi connectivity index (χ1) is 7.44. The molecule has 0 atom stereocenters. The summed E-state index contributed by atoms with van der Waals surface area (Å²) in [5.74, 6) is 0.155. The van der Waals surface area contributed by atoms with E-state index in [0.717, 1.165) is 0 Å². The van der Waals surface area contributed by atoms with Crippen LogP contribution in [0.2, 0.25) is 0 Å². The highest BCUT2D eigenvalue weighted by molar-refractivity contribution is 7.91. The van der Waals surface area contributed by atoms with E-state index in [9.17, 15) is 18.0 Å². The van der Waals surface area contributed by atoms with Crippen LogP contribution in [0.5, 0.6) is 0 Å². The maximum absolute atomic E-state index is 11.2. The van der Waals surface area contributed by atoms with Gasteiger partial charge in [-0.3, -0.25) is 9.78 Å². The van der Waals surface area contributed by atoms with E-state index < -0.39 is 21.1 Å². The third-order valence-corrected chi connectivity index (χ3v) is 3.98. The summed E-state index contributed by atoms with van der Waals surface area (Å²) in [4.78, 5) is 24.1. The molecule has 0 aliphatic rings. The van der Waals surface area contributed by atoms with Gasteiger partial charge >= 0.3 is 5.69 Å². The van der Waals surface area contributed by atoms with E-state index in [2.05, 4.69) is 4.98 Å². The maximum atomic E-state index is 11.2. The second-order valence-electron chi connectivity index (χ2n) is 3.39. The summed E-state index contributed by atoms with van der Waals surface area (Å²) in [7, 11) is -3.00. The van der Waals surface area contributed by atoms with Crippen molar-refractivity contribution in [2.45, 2.75) is 19.9 Å². The van der Waals surface area contributed by atoms with E-state index >= 15 is 0 Å². The van der Waals surface area contributed by atoms with Crippen molar-refractivity contribution >= 4 is 9.84 Å². The van der Waals surface area contributed by atoms with Crippen LogP contribution in [-0.2, 0) is 16.4 Å². The van der Waals surface area contributed by atoms with Gasteiger partial charge in [0.1, 0.15) is 9.84 Å². The number of H-pyrrole nitrogens is 1. The zero-order valence-corrected chi connectivity index (χ0v) is 9.79. The normalized spacial score (nSPS) is 11.6. The molecule has 7 heteroatoms. The van der Waals surface area contributed by atoms with Crippen LogP contribution in [0, 0.1) is 0 Å². The Morgan fingerprint density at radius 2 is 2.06 bits per heavy atom. The average Bonchev–Trinajstić information content (AvgIpc) is 2.21. The molecule has 1 aromatic rings. The maximum Gasteiger partial charge on any atom is 0.328 e. The Bertz CT molecular complexity index is 555. The first-order valence-electron chi connectivity index (χ1n) is 4.95. The molecule has 0 radical (unpaired) electrons. The lowest BCUT2D eigenvalue weighted by Crippen LogP contribution is -2.29. The van der Waals surface area contributed by atoms with Crippen LogP contribution < -0.4 is 11.2 Å². The van der Waals surface area contributed by atoms with Crippen molar-refractivity contribution in [2.24, 2.45) is 0 Å². The second-order valence-corrected chi connectivity index (χ2v) is 5.87. The van der Waals surface area contributed by atoms with Crippen LogP contribution in [0.15, 0.2) is 21.9 Å². The van der Waals surface area contributed by atoms with E-state index in [1.54, 1.807) is 6.92 Å². The van der Waals surface area contributed by atoms with Gasteiger partial charge in [0.15, 0.2) is 0 Å². The zero-order chi connectivity index (χ0) is 12.2. The largest absolute Gasteiger partial charge is 0.328 e. The van der Waals surface area contributed by atoms with Crippen molar-refractivity contribution in [3.05, 3.63) is 33.1 Å². The molecular formula is C9H14N2O4S. The molecular weight excluding hydrogens is 232 g/mol. The van der Waals surface area contributed by atoms with Gasteiger partial charge in [-0.05, 0) is 6.42 Å². The fraction of sp³-hybridized carbons (Fsp3) is 0.556. The number of hydrogen-bond acceptors (Lipinski definition) is 4. The van der Waals surface area contributed by atoms with E-state index in [4.69, 9.17) is 0 Å². The van der Waals surface area contributed by atoms with E-state index in [1.165, 1.54) is 16.8 Å². The Labute approximate surface area is 92.9 Å². The molecule has 6 nitrogen and oxygen atoms in total. The van der Waals surface area contributed by atoms with Gasteiger partial charge < -0.3 is 4.57 Å². The van der Waals surface area contributed by atoms with Gasteiger partial charge in [-0.15, -0.1) is 0 Å². The SMILES string of the molecule is CCS(=O)(=O)CCCn1ccc(=O)[nH]c1=O. The molecule has 1 aromatic heterocycles. The van der Waals surface area contributed by atoms with Gasteiger partial charge in [0.05, 0.1) is 5.75 Å². The van der Waals surface area contributed by atoms with Crippen molar-refractivity contribution in [2.75, 3.05) is 11.5 Å². The van der Waals surface area contributed by atoms with Gasteiger partial charge in [0.2, 0.25) is 0 Å². The highest BCUT2D eigenvalue weighted by atomic mass is 32.2. The molecule has 1 heterocycles. The number of nitrogens with one attached hydrogen (secondary N) is 1. The van der Waals surface area contributed by atoms with E-state index in [-0.39, 0.29) is 18.1 Å². The molecule has 0 aliphatic carbocycles. The van der Waals surface area contributed by atoms with Gasteiger partial charge in [-0.25, -0.2) is 13.2 Å². The summed E-state index contributed by atoms with van der Waals surface area (Å²) in [6.45, 7) is 1.87. The monoisotopic (exact) mass is 246 g/mol. The second kappa shape index (κ2) is 5.11. The molecule has 1 N–H and O–H groups in total. The van der Waals surface area contributed by atoms with Crippen molar-refractivity contribution in [1.82, 2.24) is 9.55 Å². The number of aryl methyl sites for hydroxylation is 1. The lowest BCUT2D eigenvalue weighted by Gasteiger charge is -2.04. The van der Waals surface area contributed by atoms with Crippen LogP contribution in [0.1, 0.15) is 13.3 Å². The molecule has 0 aliphatic heterocycles. The van der Waals surface area contributed by atoms with Crippen molar-refractivity contribution in [3.8, 4) is 0 Å². The number of aromatic amines is 1. The van der Waals surface area contributed by atoms with Gasteiger partial charge in [-0.2, -0.15) is 0 Å². The molecule has 90 valence electrons. The minimum absolute atomic E-state index is 0.0507. The molecule has 1 rings (SSSR count). The summed E-state index contributed by atoms with van der Waals surface area (Å²) < 4.78 is 23.7. The van der Waals surface area contributed by atoms with Crippen molar-refractivity contribution in [3.63, 3.8) is 0 Å². The van der Waals surface area contributed by atoms with Crippen molar-refractivity contribution < 1.29 is 8.42 Å². The van der Waals surface area contributed by atoms with Gasteiger partial charge in [-0.1, -0.05) is 6.92 Å². The first kappa shape index (κ1) is 12.7. The first-order valence-corrected chi connectivity index (χ1v) is 6.77. The minimum atomic E-state index is -3.00. The molecule has 0 amide bonds. The highest BCUT2D eigenvalue weighted by Gasteiger charge is 2.06. The lowest BCUT2D eigenvalue weighted by molar-refractivity contribution is 0.582. The Kier molecular flexibility index (Phi) is 4.05. The fourth-order valence-electron chi connectivity index (χ4n) is 1.22. The number of sulfone groups is 1. The summed E-state index contributed by atoms with van der Waals surface area (Å²) >= 11 is 0. The minimum Gasteiger partial charge on any atom is -0.301 e. The molecule has 0 saturated heterocycles. The summed E-state index contributed by atoms with van der Waals surface area (Å²) in [6, 6.07) is 1.23. The van der Waals surface area contributed by atoms with Gasteiger partial charge in [0, 0.05) is 24.6 Å². The Morgan fingerprint density at radius 1 is 1.38 bits per heavy atom. The number of rotatable bonds is 5.